The Hall–Kier alpha value is -1.76. The predicted octanol–water partition coefficient (Wildman–Crippen LogP) is 3.19. The lowest BCUT2D eigenvalue weighted by molar-refractivity contribution is -0.120. The lowest BCUT2D eigenvalue weighted by Gasteiger charge is -2.11. The van der Waals surface area contributed by atoms with Gasteiger partial charge in [0, 0.05) is 18.1 Å². The largest absolute Gasteiger partial charge is 0.298 e. The molecule has 0 spiro atoms. The molecule has 0 amide bonds. The second-order valence-corrected chi connectivity index (χ2v) is 4.29. The van der Waals surface area contributed by atoms with Gasteiger partial charge in [0.25, 0.3) is 0 Å². The van der Waals surface area contributed by atoms with Crippen LogP contribution in [-0.2, 0) is 4.79 Å². The predicted molar refractivity (Wildman–Crippen MR) is 59.2 cm³/mol. The first-order valence-corrected chi connectivity index (χ1v) is 5.33. The maximum Gasteiger partial charge on any atom is 0.154 e. The second kappa shape index (κ2) is 5.53. The summed E-state index contributed by atoms with van der Waals surface area (Å²) >= 11 is 0. The average molecular weight is 237 g/mol. The third kappa shape index (κ3) is 3.35. The summed E-state index contributed by atoms with van der Waals surface area (Å²) in [5.41, 5.74) is -0.0560. The zero-order chi connectivity index (χ0) is 13.0. The number of nitriles is 1. The van der Waals surface area contributed by atoms with Crippen LogP contribution in [-0.4, -0.2) is 5.78 Å². The van der Waals surface area contributed by atoms with Crippen molar-refractivity contribution in [2.24, 2.45) is 5.92 Å². The van der Waals surface area contributed by atoms with Crippen LogP contribution in [0.5, 0.6) is 0 Å². The van der Waals surface area contributed by atoms with Crippen molar-refractivity contribution < 1.29 is 13.6 Å². The van der Waals surface area contributed by atoms with Crippen LogP contribution in [0.4, 0.5) is 8.78 Å². The number of rotatable bonds is 4. The Kier molecular flexibility index (Phi) is 4.33. The zero-order valence-electron chi connectivity index (χ0n) is 9.71. The molecule has 0 fully saturated rings. The highest BCUT2D eigenvalue weighted by molar-refractivity contribution is 5.88. The molecule has 0 saturated heterocycles. The van der Waals surface area contributed by atoms with Crippen LogP contribution < -0.4 is 0 Å². The van der Waals surface area contributed by atoms with Crippen molar-refractivity contribution in [3.63, 3.8) is 0 Å². The molecular weight excluding hydrogens is 224 g/mol. The van der Waals surface area contributed by atoms with Gasteiger partial charge in [-0.3, -0.25) is 4.79 Å². The lowest BCUT2D eigenvalue weighted by atomic mass is 9.91. The Balaban J connectivity index is 3.02. The van der Waals surface area contributed by atoms with Crippen LogP contribution in [0.2, 0.25) is 0 Å². The Bertz CT molecular complexity index is 463. The van der Waals surface area contributed by atoms with Gasteiger partial charge in [-0.15, -0.1) is 0 Å². The highest BCUT2D eigenvalue weighted by atomic mass is 19.1. The summed E-state index contributed by atoms with van der Waals surface area (Å²) in [6.45, 7) is 3.68. The van der Waals surface area contributed by atoms with Crippen molar-refractivity contribution in [3.05, 3.63) is 35.4 Å². The molecule has 1 rings (SSSR count). The van der Waals surface area contributed by atoms with E-state index in [1.165, 1.54) is 0 Å². The van der Waals surface area contributed by atoms with Crippen LogP contribution in [0.15, 0.2) is 18.2 Å². The maximum atomic E-state index is 13.4. The molecule has 17 heavy (non-hydrogen) atoms. The molecule has 0 aromatic heterocycles. The van der Waals surface area contributed by atoms with Gasteiger partial charge in [0.2, 0.25) is 0 Å². The molecule has 1 aromatic rings. The van der Waals surface area contributed by atoms with Crippen LogP contribution >= 0.6 is 0 Å². The first-order chi connectivity index (χ1) is 7.95. The summed E-state index contributed by atoms with van der Waals surface area (Å²) in [6, 6.07) is 4.65. The minimum absolute atomic E-state index is 0.0560. The van der Waals surface area contributed by atoms with Gasteiger partial charge in [-0.25, -0.2) is 8.78 Å². The van der Waals surface area contributed by atoms with Crippen LogP contribution in [0.1, 0.15) is 31.7 Å². The summed E-state index contributed by atoms with van der Waals surface area (Å²) in [5.74, 6) is -2.97. The first-order valence-electron chi connectivity index (χ1n) is 5.33. The summed E-state index contributed by atoms with van der Waals surface area (Å²) in [5, 5.41) is 8.93. The summed E-state index contributed by atoms with van der Waals surface area (Å²) in [4.78, 5) is 11.7. The SMILES string of the molecule is CC(C)CC(=O)C(C#N)c1ccc(F)cc1F. The maximum absolute atomic E-state index is 13.4. The van der Waals surface area contributed by atoms with E-state index in [2.05, 4.69) is 0 Å². The molecule has 90 valence electrons. The fourth-order valence-corrected chi connectivity index (χ4v) is 1.57. The average Bonchev–Trinajstić information content (AvgIpc) is 2.21. The van der Waals surface area contributed by atoms with Gasteiger partial charge in [-0.05, 0) is 12.0 Å². The number of carbonyl (C=O) groups is 1. The molecule has 1 atom stereocenters. The van der Waals surface area contributed by atoms with Crippen molar-refractivity contribution in [1.29, 1.82) is 5.26 Å². The van der Waals surface area contributed by atoms with Gasteiger partial charge in [-0.1, -0.05) is 19.9 Å². The number of halogens is 2. The minimum atomic E-state index is -1.15. The summed E-state index contributed by atoms with van der Waals surface area (Å²) in [6.07, 6.45) is 0.203. The van der Waals surface area contributed by atoms with Crippen LogP contribution in [0, 0.1) is 28.9 Å². The number of hydrogen-bond donors (Lipinski definition) is 0. The van der Waals surface area contributed by atoms with E-state index >= 15 is 0 Å². The van der Waals surface area contributed by atoms with Gasteiger partial charge in [-0.2, -0.15) is 5.26 Å². The van der Waals surface area contributed by atoms with Crippen molar-refractivity contribution in [3.8, 4) is 6.07 Å². The van der Waals surface area contributed by atoms with Crippen LogP contribution in [0.3, 0.4) is 0 Å². The van der Waals surface area contributed by atoms with Crippen molar-refractivity contribution in [1.82, 2.24) is 0 Å². The molecule has 2 nitrogen and oxygen atoms in total. The summed E-state index contributed by atoms with van der Waals surface area (Å²) < 4.78 is 26.2. The number of hydrogen-bond acceptors (Lipinski definition) is 2. The minimum Gasteiger partial charge on any atom is -0.298 e. The molecule has 0 aliphatic heterocycles. The van der Waals surface area contributed by atoms with E-state index in [9.17, 15) is 13.6 Å². The van der Waals surface area contributed by atoms with Crippen LogP contribution in [0.25, 0.3) is 0 Å². The van der Waals surface area contributed by atoms with Gasteiger partial charge < -0.3 is 0 Å². The molecule has 1 aromatic carbocycles. The lowest BCUT2D eigenvalue weighted by Crippen LogP contribution is -2.14. The molecule has 1 unspecified atom stereocenters. The van der Waals surface area contributed by atoms with E-state index in [0.717, 1.165) is 12.1 Å². The van der Waals surface area contributed by atoms with Crippen molar-refractivity contribution in [2.45, 2.75) is 26.2 Å². The monoisotopic (exact) mass is 237 g/mol. The topological polar surface area (TPSA) is 40.9 Å². The number of nitrogens with zero attached hydrogens (tertiary/aromatic N) is 1. The number of benzene rings is 1. The highest BCUT2D eigenvalue weighted by Gasteiger charge is 2.23. The molecule has 0 radical (unpaired) electrons. The zero-order valence-corrected chi connectivity index (χ0v) is 9.71. The Morgan fingerprint density at radius 1 is 1.41 bits per heavy atom. The van der Waals surface area contributed by atoms with E-state index in [1.54, 1.807) is 6.07 Å². The normalized spacial score (nSPS) is 12.2. The van der Waals surface area contributed by atoms with Gasteiger partial charge in [0.05, 0.1) is 6.07 Å². The smallest absolute Gasteiger partial charge is 0.154 e. The first kappa shape index (κ1) is 13.3. The Morgan fingerprint density at radius 2 is 2.06 bits per heavy atom. The Morgan fingerprint density at radius 3 is 2.53 bits per heavy atom. The highest BCUT2D eigenvalue weighted by Crippen LogP contribution is 2.23. The second-order valence-electron chi connectivity index (χ2n) is 4.29. The number of carbonyl (C=O) groups excluding carboxylic acids is 1. The molecule has 0 saturated carbocycles. The van der Waals surface area contributed by atoms with Crippen molar-refractivity contribution >= 4 is 5.78 Å². The van der Waals surface area contributed by atoms with E-state index in [-0.39, 0.29) is 23.7 Å². The van der Waals surface area contributed by atoms with Gasteiger partial charge in [0.15, 0.2) is 5.78 Å². The van der Waals surface area contributed by atoms with E-state index in [0.29, 0.717) is 6.07 Å². The molecule has 4 heteroatoms. The van der Waals surface area contributed by atoms with E-state index in [4.69, 9.17) is 5.26 Å². The summed E-state index contributed by atoms with van der Waals surface area (Å²) in [7, 11) is 0. The fourth-order valence-electron chi connectivity index (χ4n) is 1.57. The van der Waals surface area contributed by atoms with Gasteiger partial charge >= 0.3 is 0 Å². The molecular formula is C13H13F2NO. The quantitative estimate of drug-likeness (QED) is 0.806. The third-order valence-electron chi connectivity index (χ3n) is 2.33. The number of ketones is 1. The number of Topliss-reactive ketones (excluding diaryl/α,β-unsaturated/α-hetero) is 1. The van der Waals surface area contributed by atoms with E-state index in [1.807, 2.05) is 13.8 Å². The molecule has 0 heterocycles. The molecule has 0 bridgehead atoms. The molecule has 0 N–H and O–H groups in total. The fraction of sp³-hybridized carbons (Fsp3) is 0.385. The third-order valence-corrected chi connectivity index (χ3v) is 2.33. The van der Waals surface area contributed by atoms with E-state index < -0.39 is 17.6 Å². The standard InChI is InChI=1S/C13H13F2NO/c1-8(2)5-13(17)11(7-16)10-4-3-9(14)6-12(10)15/h3-4,6,8,11H,5H2,1-2H3. The van der Waals surface area contributed by atoms with Crippen molar-refractivity contribution in [2.75, 3.05) is 0 Å². The van der Waals surface area contributed by atoms with Gasteiger partial charge in [0.1, 0.15) is 17.6 Å². The molecule has 0 aliphatic rings. The molecule has 0 aliphatic carbocycles. The Labute approximate surface area is 98.9 Å².